The van der Waals surface area contributed by atoms with Crippen LogP contribution < -0.4 is 5.32 Å². The number of pyridine rings is 1. The lowest BCUT2D eigenvalue weighted by Crippen LogP contribution is -2.08. The van der Waals surface area contributed by atoms with Crippen LogP contribution in [0.1, 0.15) is 29.9 Å². The van der Waals surface area contributed by atoms with Crippen molar-refractivity contribution in [3.63, 3.8) is 0 Å². The van der Waals surface area contributed by atoms with Gasteiger partial charge in [-0.15, -0.1) is 0 Å². The van der Waals surface area contributed by atoms with E-state index in [2.05, 4.69) is 15.4 Å². The molecule has 128 valence electrons. The summed E-state index contributed by atoms with van der Waals surface area (Å²) in [6.07, 6.45) is 1.25. The molecule has 7 nitrogen and oxygen atoms in total. The van der Waals surface area contributed by atoms with Gasteiger partial charge in [-0.25, -0.2) is 9.67 Å². The number of hydrogen-bond acceptors (Lipinski definition) is 5. The summed E-state index contributed by atoms with van der Waals surface area (Å²) in [5.41, 5.74) is 4.15. The first kappa shape index (κ1) is 16.6. The largest absolute Gasteiger partial charge is 0.364 e. The highest BCUT2D eigenvalue weighted by atomic mass is 16.6. The van der Waals surface area contributed by atoms with Crippen LogP contribution in [0.5, 0.6) is 0 Å². The van der Waals surface area contributed by atoms with Gasteiger partial charge in [0.15, 0.2) is 0 Å². The van der Waals surface area contributed by atoms with Gasteiger partial charge in [0.25, 0.3) is 5.69 Å². The monoisotopic (exact) mass is 337 g/mol. The number of anilines is 1. The van der Waals surface area contributed by atoms with E-state index in [0.717, 1.165) is 22.6 Å². The Balaban J connectivity index is 1.73. The molecule has 2 heterocycles. The normalized spacial score (nSPS) is 12.0. The quantitative estimate of drug-likeness (QED) is 0.562. The molecule has 0 saturated carbocycles. The molecule has 1 atom stereocenters. The number of benzene rings is 1. The van der Waals surface area contributed by atoms with Crippen LogP contribution >= 0.6 is 0 Å². The zero-order valence-electron chi connectivity index (χ0n) is 14.3. The summed E-state index contributed by atoms with van der Waals surface area (Å²) in [6, 6.07) is 13.2. The van der Waals surface area contributed by atoms with Crippen LogP contribution in [-0.2, 0) is 0 Å². The van der Waals surface area contributed by atoms with Gasteiger partial charge in [-0.1, -0.05) is 12.1 Å². The van der Waals surface area contributed by atoms with Gasteiger partial charge in [0.1, 0.15) is 12.0 Å². The topological polar surface area (TPSA) is 85.9 Å². The van der Waals surface area contributed by atoms with Crippen molar-refractivity contribution >= 4 is 11.5 Å². The van der Waals surface area contributed by atoms with Crippen molar-refractivity contribution in [1.82, 2.24) is 14.8 Å². The van der Waals surface area contributed by atoms with Crippen molar-refractivity contribution < 1.29 is 4.92 Å². The number of aromatic nitrogens is 3. The molecule has 0 bridgehead atoms. The standard InChI is InChI=1S/C18H19N5O2/c1-12-10-13(2)22(21-12)16-6-4-15(5-7-16)14(3)20-18-9-8-17(11-19-18)23(24)25/h4-11,14H,1-3H3,(H,19,20)/t14-/m1/s1. The van der Waals surface area contributed by atoms with E-state index >= 15 is 0 Å². The lowest BCUT2D eigenvalue weighted by molar-refractivity contribution is -0.385. The van der Waals surface area contributed by atoms with E-state index < -0.39 is 4.92 Å². The number of rotatable bonds is 5. The molecular formula is C18H19N5O2. The zero-order chi connectivity index (χ0) is 18.0. The second-order valence-electron chi connectivity index (χ2n) is 5.96. The highest BCUT2D eigenvalue weighted by molar-refractivity contribution is 5.44. The average Bonchev–Trinajstić information content (AvgIpc) is 2.94. The van der Waals surface area contributed by atoms with Crippen molar-refractivity contribution in [3.05, 3.63) is 75.7 Å². The Morgan fingerprint density at radius 1 is 1.16 bits per heavy atom. The number of nitrogens with zero attached hydrogens (tertiary/aromatic N) is 4. The predicted molar refractivity (Wildman–Crippen MR) is 96.0 cm³/mol. The van der Waals surface area contributed by atoms with E-state index in [1.165, 1.54) is 12.3 Å². The minimum absolute atomic E-state index is 0.0171. The first-order valence-electron chi connectivity index (χ1n) is 7.94. The summed E-state index contributed by atoms with van der Waals surface area (Å²) in [5.74, 6) is 0.598. The zero-order valence-corrected chi connectivity index (χ0v) is 14.3. The third-order valence-corrected chi connectivity index (χ3v) is 3.97. The lowest BCUT2D eigenvalue weighted by Gasteiger charge is -2.15. The van der Waals surface area contributed by atoms with Crippen molar-refractivity contribution in [2.75, 3.05) is 5.32 Å². The molecule has 1 aromatic carbocycles. The summed E-state index contributed by atoms with van der Waals surface area (Å²) >= 11 is 0. The maximum Gasteiger partial charge on any atom is 0.287 e. The molecule has 0 aliphatic carbocycles. The fourth-order valence-corrected chi connectivity index (χ4v) is 2.68. The molecule has 0 fully saturated rings. The first-order chi connectivity index (χ1) is 11.9. The smallest absolute Gasteiger partial charge is 0.287 e. The summed E-state index contributed by atoms with van der Waals surface area (Å²) in [4.78, 5) is 14.3. The molecule has 0 aliphatic heterocycles. The van der Waals surface area contributed by atoms with E-state index in [1.54, 1.807) is 6.07 Å². The van der Waals surface area contributed by atoms with Crippen LogP contribution in [0.4, 0.5) is 11.5 Å². The van der Waals surface area contributed by atoms with Gasteiger partial charge in [-0.05, 0) is 50.6 Å². The van der Waals surface area contributed by atoms with Crippen LogP contribution in [0, 0.1) is 24.0 Å². The van der Waals surface area contributed by atoms with Gasteiger partial charge < -0.3 is 5.32 Å². The second-order valence-corrected chi connectivity index (χ2v) is 5.96. The minimum atomic E-state index is -0.460. The molecule has 2 aromatic heterocycles. The van der Waals surface area contributed by atoms with Gasteiger partial charge in [0.05, 0.1) is 16.3 Å². The summed E-state index contributed by atoms with van der Waals surface area (Å²) in [6.45, 7) is 6.01. The van der Waals surface area contributed by atoms with Crippen LogP contribution in [-0.4, -0.2) is 19.7 Å². The number of hydrogen-bond donors (Lipinski definition) is 1. The maximum absolute atomic E-state index is 10.7. The van der Waals surface area contributed by atoms with Crippen molar-refractivity contribution in [2.24, 2.45) is 0 Å². The van der Waals surface area contributed by atoms with Gasteiger partial charge >= 0.3 is 0 Å². The Hall–Kier alpha value is -3.22. The van der Waals surface area contributed by atoms with Crippen LogP contribution in [0.2, 0.25) is 0 Å². The van der Waals surface area contributed by atoms with E-state index in [1.807, 2.05) is 55.8 Å². The number of aryl methyl sites for hydroxylation is 2. The molecule has 0 unspecified atom stereocenters. The molecule has 3 rings (SSSR count). The summed E-state index contributed by atoms with van der Waals surface area (Å²) in [7, 11) is 0. The lowest BCUT2D eigenvalue weighted by atomic mass is 10.1. The highest BCUT2D eigenvalue weighted by Crippen LogP contribution is 2.21. The molecular weight excluding hydrogens is 318 g/mol. The first-order valence-corrected chi connectivity index (χ1v) is 7.94. The molecule has 3 aromatic rings. The van der Waals surface area contributed by atoms with Gasteiger partial charge in [0, 0.05) is 17.8 Å². The molecule has 0 radical (unpaired) electrons. The molecule has 25 heavy (non-hydrogen) atoms. The fourth-order valence-electron chi connectivity index (χ4n) is 2.68. The second kappa shape index (κ2) is 6.72. The van der Waals surface area contributed by atoms with Gasteiger partial charge in [-0.3, -0.25) is 10.1 Å². The molecule has 7 heteroatoms. The third kappa shape index (κ3) is 3.65. The van der Waals surface area contributed by atoms with Crippen LogP contribution in [0.3, 0.4) is 0 Å². The Bertz CT molecular complexity index is 885. The average molecular weight is 337 g/mol. The van der Waals surface area contributed by atoms with E-state index in [4.69, 9.17) is 0 Å². The van der Waals surface area contributed by atoms with E-state index in [9.17, 15) is 10.1 Å². The van der Waals surface area contributed by atoms with E-state index in [0.29, 0.717) is 5.82 Å². The summed E-state index contributed by atoms with van der Waals surface area (Å²) < 4.78 is 1.91. The van der Waals surface area contributed by atoms with Crippen molar-refractivity contribution in [2.45, 2.75) is 26.8 Å². The molecule has 0 saturated heterocycles. The minimum Gasteiger partial charge on any atom is -0.364 e. The molecule has 0 amide bonds. The molecule has 0 aliphatic rings. The van der Waals surface area contributed by atoms with Gasteiger partial charge in [-0.2, -0.15) is 5.10 Å². The molecule has 0 spiro atoms. The predicted octanol–water partition coefficient (Wildman–Crippen LogP) is 3.97. The Labute approximate surface area is 145 Å². The third-order valence-electron chi connectivity index (χ3n) is 3.97. The van der Waals surface area contributed by atoms with Crippen molar-refractivity contribution in [1.29, 1.82) is 0 Å². The fraction of sp³-hybridized carbons (Fsp3) is 0.222. The van der Waals surface area contributed by atoms with Crippen molar-refractivity contribution in [3.8, 4) is 5.69 Å². The number of nitrogens with one attached hydrogen (secondary N) is 1. The number of nitro groups is 1. The highest BCUT2D eigenvalue weighted by Gasteiger charge is 2.10. The molecule has 1 N–H and O–H groups in total. The SMILES string of the molecule is Cc1cc(C)n(-c2ccc([C@@H](C)Nc3ccc([N+](=O)[O-])cn3)cc2)n1. The Morgan fingerprint density at radius 3 is 2.40 bits per heavy atom. The Kier molecular flexibility index (Phi) is 4.47. The van der Waals surface area contributed by atoms with Gasteiger partial charge in [0.2, 0.25) is 0 Å². The maximum atomic E-state index is 10.7. The Morgan fingerprint density at radius 2 is 1.88 bits per heavy atom. The van der Waals surface area contributed by atoms with Crippen LogP contribution in [0.25, 0.3) is 5.69 Å². The van der Waals surface area contributed by atoms with E-state index in [-0.39, 0.29) is 11.7 Å². The summed E-state index contributed by atoms with van der Waals surface area (Å²) in [5, 5.41) is 18.4. The van der Waals surface area contributed by atoms with Crippen LogP contribution in [0.15, 0.2) is 48.7 Å².